The molecule has 2 aromatic rings. The quantitative estimate of drug-likeness (QED) is 0.621. The normalized spacial score (nSPS) is 9.54. The number of methoxy groups -OCH3 is 4. The van der Waals surface area contributed by atoms with E-state index in [4.69, 9.17) is 18.9 Å². The van der Waals surface area contributed by atoms with Gasteiger partial charge in [0, 0.05) is 11.1 Å². The third-order valence-corrected chi connectivity index (χ3v) is 3.56. The van der Waals surface area contributed by atoms with Crippen molar-refractivity contribution < 1.29 is 28.5 Å². The van der Waals surface area contributed by atoms with Crippen molar-refractivity contribution in [2.45, 2.75) is 0 Å². The van der Waals surface area contributed by atoms with Crippen molar-refractivity contribution in [3.63, 3.8) is 0 Å². The van der Waals surface area contributed by atoms with Crippen LogP contribution in [-0.2, 0) is 9.47 Å². The van der Waals surface area contributed by atoms with Gasteiger partial charge in [-0.25, -0.2) is 9.59 Å². The van der Waals surface area contributed by atoms with Crippen LogP contribution in [0.15, 0.2) is 36.4 Å². The number of ether oxygens (including phenoxy) is 4. The molecule has 0 bridgehead atoms. The highest BCUT2D eigenvalue weighted by molar-refractivity contribution is 5.93. The summed E-state index contributed by atoms with van der Waals surface area (Å²) in [4.78, 5) is 23.4. The number of esters is 2. The van der Waals surface area contributed by atoms with Gasteiger partial charge in [0.05, 0.1) is 28.4 Å². The summed E-state index contributed by atoms with van der Waals surface area (Å²) in [5.41, 5.74) is 1.96. The first-order valence-electron chi connectivity index (χ1n) is 7.58. The first-order valence-corrected chi connectivity index (χ1v) is 7.58. The number of benzene rings is 2. The minimum atomic E-state index is -0.482. The van der Waals surface area contributed by atoms with Gasteiger partial charge in [0.15, 0.2) is 0 Å². The summed E-state index contributed by atoms with van der Waals surface area (Å²) in [5.74, 6) is 5.75. The van der Waals surface area contributed by atoms with Gasteiger partial charge < -0.3 is 18.9 Å². The Balaban J connectivity index is 2.34. The van der Waals surface area contributed by atoms with Crippen molar-refractivity contribution in [2.75, 3.05) is 28.4 Å². The fourth-order valence-corrected chi connectivity index (χ4v) is 2.24. The fourth-order valence-electron chi connectivity index (χ4n) is 2.24. The Bertz CT molecular complexity index is 817. The standard InChI is InChI=1S/C20H18O6/c1-23-17-11-13(7-9-15(17)19(21)25-3)5-6-14-8-10-16(20(22)26-4)18(12-14)24-2/h7-12H,1-4H3. The van der Waals surface area contributed by atoms with Gasteiger partial charge in [-0.15, -0.1) is 0 Å². The zero-order valence-electron chi connectivity index (χ0n) is 14.9. The van der Waals surface area contributed by atoms with Crippen LogP contribution in [0.4, 0.5) is 0 Å². The smallest absolute Gasteiger partial charge is 0.341 e. The summed E-state index contributed by atoms with van der Waals surface area (Å²) >= 11 is 0. The van der Waals surface area contributed by atoms with E-state index < -0.39 is 11.9 Å². The van der Waals surface area contributed by atoms with Gasteiger partial charge in [0.1, 0.15) is 22.6 Å². The van der Waals surface area contributed by atoms with E-state index in [0.29, 0.717) is 33.8 Å². The molecule has 0 fully saturated rings. The largest absolute Gasteiger partial charge is 0.496 e. The van der Waals surface area contributed by atoms with Crippen LogP contribution < -0.4 is 9.47 Å². The van der Waals surface area contributed by atoms with Crippen molar-refractivity contribution in [2.24, 2.45) is 0 Å². The first-order chi connectivity index (χ1) is 12.5. The molecule has 0 unspecified atom stereocenters. The van der Waals surface area contributed by atoms with E-state index >= 15 is 0 Å². The molecule has 6 heteroatoms. The van der Waals surface area contributed by atoms with Crippen molar-refractivity contribution in [3.05, 3.63) is 58.7 Å². The van der Waals surface area contributed by atoms with Crippen LogP contribution in [0.3, 0.4) is 0 Å². The highest BCUT2D eigenvalue weighted by Crippen LogP contribution is 2.22. The van der Waals surface area contributed by atoms with Crippen molar-refractivity contribution in [3.8, 4) is 23.3 Å². The second-order valence-electron chi connectivity index (χ2n) is 5.06. The van der Waals surface area contributed by atoms with Crippen molar-refractivity contribution in [1.29, 1.82) is 0 Å². The van der Waals surface area contributed by atoms with Crippen LogP contribution in [0.25, 0.3) is 0 Å². The average Bonchev–Trinajstić information content (AvgIpc) is 2.70. The lowest BCUT2D eigenvalue weighted by molar-refractivity contribution is 0.0588. The number of carbonyl (C=O) groups excluding carboxylic acids is 2. The van der Waals surface area contributed by atoms with Gasteiger partial charge in [-0.2, -0.15) is 0 Å². The van der Waals surface area contributed by atoms with Crippen LogP contribution >= 0.6 is 0 Å². The van der Waals surface area contributed by atoms with Gasteiger partial charge in [-0.05, 0) is 36.4 Å². The molecule has 0 aromatic heterocycles. The molecular formula is C20H18O6. The Kier molecular flexibility index (Phi) is 6.23. The second-order valence-corrected chi connectivity index (χ2v) is 5.06. The Morgan fingerprint density at radius 2 is 1.08 bits per heavy atom. The Morgan fingerprint density at radius 3 is 1.38 bits per heavy atom. The Morgan fingerprint density at radius 1 is 0.692 bits per heavy atom. The van der Waals surface area contributed by atoms with E-state index in [-0.39, 0.29) is 0 Å². The highest BCUT2D eigenvalue weighted by atomic mass is 16.5. The third kappa shape index (κ3) is 4.14. The Hall–Kier alpha value is -3.46. The van der Waals surface area contributed by atoms with Gasteiger partial charge in [-0.3, -0.25) is 0 Å². The number of carbonyl (C=O) groups is 2. The number of rotatable bonds is 4. The van der Waals surface area contributed by atoms with E-state index in [2.05, 4.69) is 11.8 Å². The number of hydrogen-bond donors (Lipinski definition) is 0. The third-order valence-electron chi connectivity index (χ3n) is 3.56. The molecule has 0 heterocycles. The van der Waals surface area contributed by atoms with Crippen LogP contribution in [-0.4, -0.2) is 40.4 Å². The lowest BCUT2D eigenvalue weighted by Gasteiger charge is -2.07. The zero-order chi connectivity index (χ0) is 19.1. The van der Waals surface area contributed by atoms with Crippen LogP contribution in [0.2, 0.25) is 0 Å². The molecule has 0 spiro atoms. The van der Waals surface area contributed by atoms with Crippen molar-refractivity contribution in [1.82, 2.24) is 0 Å². The molecule has 6 nitrogen and oxygen atoms in total. The molecule has 26 heavy (non-hydrogen) atoms. The summed E-state index contributed by atoms with van der Waals surface area (Å²) in [6.45, 7) is 0. The van der Waals surface area contributed by atoms with Gasteiger partial charge in [0.25, 0.3) is 0 Å². The van der Waals surface area contributed by atoms with E-state index in [9.17, 15) is 9.59 Å². The molecule has 0 atom stereocenters. The summed E-state index contributed by atoms with van der Waals surface area (Å²) in [6, 6.07) is 9.88. The molecule has 0 radical (unpaired) electrons. The first kappa shape index (κ1) is 18.9. The molecule has 2 aromatic carbocycles. The fraction of sp³-hybridized carbons (Fsp3) is 0.200. The molecular weight excluding hydrogens is 336 g/mol. The molecule has 0 aliphatic heterocycles. The average molecular weight is 354 g/mol. The van der Waals surface area contributed by atoms with Crippen LogP contribution in [0.1, 0.15) is 31.8 Å². The maximum Gasteiger partial charge on any atom is 0.341 e. The molecule has 0 N–H and O–H groups in total. The zero-order valence-corrected chi connectivity index (χ0v) is 14.9. The van der Waals surface area contributed by atoms with E-state index in [0.717, 1.165) is 0 Å². The summed E-state index contributed by atoms with van der Waals surface area (Å²) in [7, 11) is 5.55. The molecule has 0 aliphatic rings. The minimum absolute atomic E-state index is 0.324. The predicted molar refractivity (Wildman–Crippen MR) is 94.6 cm³/mol. The van der Waals surface area contributed by atoms with Gasteiger partial charge >= 0.3 is 11.9 Å². The molecule has 134 valence electrons. The van der Waals surface area contributed by atoms with Crippen LogP contribution in [0, 0.1) is 11.8 Å². The monoisotopic (exact) mass is 354 g/mol. The lowest BCUT2D eigenvalue weighted by Crippen LogP contribution is -2.04. The molecule has 0 saturated carbocycles. The summed E-state index contributed by atoms with van der Waals surface area (Å²) in [6.07, 6.45) is 0. The molecule has 0 saturated heterocycles. The molecule has 0 amide bonds. The predicted octanol–water partition coefficient (Wildman–Crippen LogP) is 2.68. The highest BCUT2D eigenvalue weighted by Gasteiger charge is 2.13. The number of hydrogen-bond acceptors (Lipinski definition) is 6. The van der Waals surface area contributed by atoms with Gasteiger partial charge in [0.2, 0.25) is 0 Å². The van der Waals surface area contributed by atoms with Gasteiger partial charge in [-0.1, -0.05) is 11.8 Å². The molecule has 2 rings (SSSR count). The molecule has 0 aliphatic carbocycles. The van der Waals surface area contributed by atoms with E-state index in [1.54, 1.807) is 36.4 Å². The van der Waals surface area contributed by atoms with E-state index in [1.165, 1.54) is 28.4 Å². The summed E-state index contributed by atoms with van der Waals surface area (Å²) in [5, 5.41) is 0. The lowest BCUT2D eigenvalue weighted by atomic mass is 10.1. The Labute approximate surface area is 151 Å². The van der Waals surface area contributed by atoms with Crippen molar-refractivity contribution >= 4 is 11.9 Å². The maximum atomic E-state index is 11.7. The topological polar surface area (TPSA) is 71.1 Å². The van der Waals surface area contributed by atoms with Crippen LogP contribution in [0.5, 0.6) is 11.5 Å². The minimum Gasteiger partial charge on any atom is -0.496 e. The summed E-state index contributed by atoms with van der Waals surface area (Å²) < 4.78 is 19.8. The second kappa shape index (κ2) is 8.58. The van der Waals surface area contributed by atoms with E-state index in [1.807, 2.05) is 0 Å². The maximum absolute atomic E-state index is 11.7. The SMILES string of the molecule is COC(=O)c1ccc(C#Cc2ccc(C(=O)OC)c(OC)c2)cc1OC.